The van der Waals surface area contributed by atoms with Gasteiger partial charge in [-0.1, -0.05) is 12.2 Å². The van der Waals surface area contributed by atoms with Gasteiger partial charge in [-0.25, -0.2) is 0 Å². The number of pyridine rings is 1. The smallest absolute Gasteiger partial charge is 0.104 e. The van der Waals surface area contributed by atoms with E-state index in [-0.39, 0.29) is 0 Å². The van der Waals surface area contributed by atoms with Gasteiger partial charge in [0.05, 0.1) is 0 Å². The van der Waals surface area contributed by atoms with Gasteiger partial charge in [0.25, 0.3) is 0 Å². The number of aromatic amines is 1. The molecule has 0 unspecified atom stereocenters. The van der Waals surface area contributed by atoms with Crippen LogP contribution in [0.3, 0.4) is 0 Å². The second-order valence-corrected chi connectivity index (χ2v) is 2.79. The molecule has 1 aromatic heterocycles. The van der Waals surface area contributed by atoms with Gasteiger partial charge in [-0.2, -0.15) is 0 Å². The van der Waals surface area contributed by atoms with E-state index in [0.717, 1.165) is 15.1 Å². The van der Waals surface area contributed by atoms with E-state index in [1.807, 2.05) is 19.2 Å². The molecule has 3 heteroatoms. The van der Waals surface area contributed by atoms with Gasteiger partial charge in [-0.3, -0.25) is 0 Å². The zero-order chi connectivity index (χ0) is 6.85. The minimum Gasteiger partial charge on any atom is -0.353 e. The summed E-state index contributed by atoms with van der Waals surface area (Å²) in [5.74, 6) is 0. The van der Waals surface area contributed by atoms with E-state index < -0.39 is 0 Å². The summed E-state index contributed by atoms with van der Waals surface area (Å²) in [6, 6.07) is 1.83. The molecule has 1 rings (SSSR count). The van der Waals surface area contributed by atoms with E-state index in [1.165, 1.54) is 0 Å². The number of thiol groups is 1. The van der Waals surface area contributed by atoms with Crippen LogP contribution in [0.15, 0.2) is 17.2 Å². The fourth-order valence-corrected chi connectivity index (χ4v) is 0.991. The third-order valence-corrected chi connectivity index (χ3v) is 1.82. The zero-order valence-corrected chi connectivity index (χ0v) is 6.72. The maximum atomic E-state index is 4.85. The molecule has 1 aromatic rings. The van der Waals surface area contributed by atoms with Crippen LogP contribution >= 0.6 is 24.8 Å². The lowest BCUT2D eigenvalue weighted by molar-refractivity contribution is 1.17. The molecule has 0 saturated heterocycles. The van der Waals surface area contributed by atoms with E-state index in [1.54, 1.807) is 0 Å². The van der Waals surface area contributed by atoms with E-state index >= 15 is 0 Å². The Hall–Kier alpha value is -0.280. The molecule has 9 heavy (non-hydrogen) atoms. The average Bonchev–Trinajstić information content (AvgIpc) is 1.80. The lowest BCUT2D eigenvalue weighted by Gasteiger charge is -1.94. The normalized spacial score (nSPS) is 9.56. The maximum Gasteiger partial charge on any atom is 0.104 e. The van der Waals surface area contributed by atoms with Crippen molar-refractivity contribution < 1.29 is 0 Å². The minimum absolute atomic E-state index is 0.727. The van der Waals surface area contributed by atoms with Crippen LogP contribution in [0.1, 0.15) is 5.56 Å². The van der Waals surface area contributed by atoms with Crippen molar-refractivity contribution >= 4 is 24.8 Å². The van der Waals surface area contributed by atoms with Gasteiger partial charge in [0.15, 0.2) is 0 Å². The SMILES string of the molecule is Cc1c[nH]c(=S)cc1S. The first kappa shape index (κ1) is 6.83. The Labute approximate surface area is 64.5 Å². The summed E-state index contributed by atoms with van der Waals surface area (Å²) in [7, 11) is 0. The number of H-pyrrole nitrogens is 1. The molecule has 0 spiro atoms. The third-order valence-electron chi connectivity index (χ3n) is 1.10. The second-order valence-electron chi connectivity index (χ2n) is 1.87. The number of rotatable bonds is 0. The summed E-state index contributed by atoms with van der Waals surface area (Å²) >= 11 is 9.04. The molecule has 1 heterocycles. The summed E-state index contributed by atoms with van der Waals surface area (Å²) in [5, 5.41) is 0. The van der Waals surface area contributed by atoms with Crippen LogP contribution in [0.4, 0.5) is 0 Å². The molecule has 1 nitrogen and oxygen atoms in total. The van der Waals surface area contributed by atoms with Crippen molar-refractivity contribution in [3.63, 3.8) is 0 Å². The van der Waals surface area contributed by atoms with Gasteiger partial charge in [0.2, 0.25) is 0 Å². The Balaban J connectivity index is 3.34. The Morgan fingerprint density at radius 1 is 1.67 bits per heavy atom. The fourth-order valence-electron chi connectivity index (χ4n) is 0.533. The lowest BCUT2D eigenvalue weighted by Crippen LogP contribution is -1.78. The standard InChI is InChI=1S/C6H7NS2/c1-4-3-7-6(9)2-5(4)8/h2-3H,1H3,(H2,7,8,9). The van der Waals surface area contributed by atoms with Gasteiger partial charge >= 0.3 is 0 Å². The molecule has 0 bridgehead atoms. The van der Waals surface area contributed by atoms with Gasteiger partial charge in [0, 0.05) is 11.1 Å². The number of nitrogens with one attached hydrogen (secondary N) is 1. The van der Waals surface area contributed by atoms with Gasteiger partial charge in [0.1, 0.15) is 4.64 Å². The molecule has 0 radical (unpaired) electrons. The topological polar surface area (TPSA) is 15.8 Å². The van der Waals surface area contributed by atoms with Crippen molar-refractivity contribution in [1.29, 1.82) is 0 Å². The molecule has 0 amide bonds. The fraction of sp³-hybridized carbons (Fsp3) is 0.167. The molecule has 0 aliphatic heterocycles. The monoisotopic (exact) mass is 157 g/mol. The van der Waals surface area contributed by atoms with Crippen LogP contribution in [-0.4, -0.2) is 4.98 Å². The summed E-state index contributed by atoms with van der Waals surface area (Å²) < 4.78 is 0.727. The number of aromatic nitrogens is 1. The first-order chi connectivity index (χ1) is 4.20. The van der Waals surface area contributed by atoms with Crippen molar-refractivity contribution in [3.05, 3.63) is 22.5 Å². The van der Waals surface area contributed by atoms with E-state index in [0.29, 0.717) is 0 Å². The van der Waals surface area contributed by atoms with Crippen LogP contribution in [0.25, 0.3) is 0 Å². The summed E-state index contributed by atoms with van der Waals surface area (Å²) in [6.45, 7) is 1.98. The maximum absolute atomic E-state index is 4.85. The molecule has 48 valence electrons. The second kappa shape index (κ2) is 2.54. The predicted molar refractivity (Wildman–Crippen MR) is 43.6 cm³/mol. The highest BCUT2D eigenvalue weighted by atomic mass is 32.1. The van der Waals surface area contributed by atoms with Crippen LogP contribution in [0.2, 0.25) is 0 Å². The molecule has 0 aliphatic rings. The van der Waals surface area contributed by atoms with E-state index in [4.69, 9.17) is 12.2 Å². The molecule has 1 N–H and O–H groups in total. The van der Waals surface area contributed by atoms with Crippen molar-refractivity contribution in [1.82, 2.24) is 4.98 Å². The van der Waals surface area contributed by atoms with Crippen LogP contribution in [0, 0.1) is 11.6 Å². The van der Waals surface area contributed by atoms with Crippen LogP contribution in [0.5, 0.6) is 0 Å². The van der Waals surface area contributed by atoms with Gasteiger partial charge in [-0.15, -0.1) is 12.6 Å². The van der Waals surface area contributed by atoms with Gasteiger partial charge < -0.3 is 4.98 Å². The molecular formula is C6H7NS2. The van der Waals surface area contributed by atoms with Crippen molar-refractivity contribution in [2.45, 2.75) is 11.8 Å². The van der Waals surface area contributed by atoms with E-state index in [9.17, 15) is 0 Å². The Kier molecular flexibility index (Phi) is 1.93. The minimum atomic E-state index is 0.727. The molecular weight excluding hydrogens is 150 g/mol. The predicted octanol–water partition coefficient (Wildman–Crippen LogP) is 2.34. The number of hydrogen-bond acceptors (Lipinski definition) is 2. The zero-order valence-electron chi connectivity index (χ0n) is 5.01. The highest BCUT2D eigenvalue weighted by Crippen LogP contribution is 2.09. The lowest BCUT2D eigenvalue weighted by atomic mass is 10.3. The summed E-state index contributed by atoms with van der Waals surface area (Å²) in [4.78, 5) is 3.85. The highest BCUT2D eigenvalue weighted by molar-refractivity contribution is 7.80. The van der Waals surface area contributed by atoms with Crippen molar-refractivity contribution in [2.24, 2.45) is 0 Å². The van der Waals surface area contributed by atoms with Crippen molar-refractivity contribution in [3.8, 4) is 0 Å². The highest BCUT2D eigenvalue weighted by Gasteiger charge is 1.88. The Morgan fingerprint density at radius 3 is 2.78 bits per heavy atom. The Morgan fingerprint density at radius 2 is 2.33 bits per heavy atom. The van der Waals surface area contributed by atoms with Gasteiger partial charge in [-0.05, 0) is 18.6 Å². The largest absolute Gasteiger partial charge is 0.353 e. The Bertz CT molecular complexity index is 264. The molecule has 0 aliphatic carbocycles. The van der Waals surface area contributed by atoms with Crippen molar-refractivity contribution in [2.75, 3.05) is 0 Å². The number of hydrogen-bond donors (Lipinski definition) is 2. The summed E-state index contributed by atoms with van der Waals surface area (Å²) in [5.41, 5.74) is 1.12. The quantitative estimate of drug-likeness (QED) is 0.436. The average molecular weight is 157 g/mol. The van der Waals surface area contributed by atoms with E-state index in [2.05, 4.69) is 17.6 Å². The van der Waals surface area contributed by atoms with Crippen LogP contribution < -0.4 is 0 Å². The number of aryl methyl sites for hydroxylation is 1. The summed E-state index contributed by atoms with van der Waals surface area (Å²) in [6.07, 6.45) is 1.85. The first-order valence-corrected chi connectivity index (χ1v) is 3.44. The molecule has 0 saturated carbocycles. The molecule has 0 aromatic carbocycles. The molecule has 0 fully saturated rings. The third kappa shape index (κ3) is 1.56. The van der Waals surface area contributed by atoms with Crippen LogP contribution in [-0.2, 0) is 0 Å². The molecule has 0 atom stereocenters. The first-order valence-electron chi connectivity index (χ1n) is 2.58.